The molecule has 0 atom stereocenters. The molecule has 2 N–H and O–H groups in total. The molecule has 0 amide bonds. The number of benzene rings is 3. The molecule has 0 aliphatic carbocycles. The Morgan fingerprint density at radius 3 is 2.46 bits per heavy atom. The number of hydrogen-bond donors (Lipinski definition) is 1. The zero-order valence-corrected chi connectivity index (χ0v) is 13.1. The first-order chi connectivity index (χ1) is 11.8. The van der Waals surface area contributed by atoms with Crippen molar-refractivity contribution in [1.29, 1.82) is 0 Å². The number of nitrogens with zero attached hydrogens (tertiary/aromatic N) is 2. The largest absolute Gasteiger partial charge is 0.493 e. The van der Waals surface area contributed by atoms with E-state index in [-0.39, 0.29) is 0 Å². The van der Waals surface area contributed by atoms with E-state index in [4.69, 9.17) is 10.5 Å². The molecule has 0 aliphatic heterocycles. The lowest BCUT2D eigenvalue weighted by molar-refractivity contribution is 0.325. The number of aromatic nitrogens is 2. The van der Waals surface area contributed by atoms with Crippen molar-refractivity contribution in [2.24, 2.45) is 0 Å². The van der Waals surface area contributed by atoms with Crippen molar-refractivity contribution in [3.05, 3.63) is 72.4 Å². The average molecular weight is 315 g/mol. The number of fused-ring (bicyclic) bond motifs is 2. The highest BCUT2D eigenvalue weighted by atomic mass is 16.5. The van der Waals surface area contributed by atoms with E-state index in [0.717, 1.165) is 27.7 Å². The van der Waals surface area contributed by atoms with E-state index in [1.807, 2.05) is 48.5 Å². The molecule has 118 valence electrons. The first-order valence-corrected chi connectivity index (χ1v) is 7.93. The summed E-state index contributed by atoms with van der Waals surface area (Å²) in [6.07, 6.45) is 0.677. The number of nitrogens with two attached hydrogens (primary N) is 1. The fraction of sp³-hybridized carbons (Fsp3) is 0.100. The van der Waals surface area contributed by atoms with Crippen LogP contribution in [0.1, 0.15) is 5.69 Å². The Hall–Kier alpha value is -3.14. The summed E-state index contributed by atoms with van der Waals surface area (Å²) in [5.74, 6) is 1.19. The Bertz CT molecular complexity index is 1010. The quantitative estimate of drug-likeness (QED) is 0.618. The summed E-state index contributed by atoms with van der Waals surface area (Å²) in [6.45, 7) is 0.536. The van der Waals surface area contributed by atoms with Crippen LogP contribution in [-0.4, -0.2) is 16.6 Å². The SMILES string of the molecule is Nc1nc(CCOc2cccc3ccccc23)c2ccccc2n1. The molecule has 0 spiro atoms. The van der Waals surface area contributed by atoms with Gasteiger partial charge in [0.2, 0.25) is 5.95 Å². The minimum Gasteiger partial charge on any atom is -0.493 e. The Morgan fingerprint density at radius 1 is 0.792 bits per heavy atom. The molecule has 4 nitrogen and oxygen atoms in total. The summed E-state index contributed by atoms with van der Waals surface area (Å²) < 4.78 is 6.01. The van der Waals surface area contributed by atoms with Gasteiger partial charge in [0.1, 0.15) is 5.75 Å². The average Bonchev–Trinajstić information content (AvgIpc) is 2.62. The summed E-state index contributed by atoms with van der Waals surface area (Å²) in [6, 6.07) is 22.2. The summed E-state index contributed by atoms with van der Waals surface area (Å²) in [4.78, 5) is 8.65. The van der Waals surface area contributed by atoms with E-state index in [2.05, 4.69) is 28.2 Å². The van der Waals surface area contributed by atoms with E-state index < -0.39 is 0 Å². The van der Waals surface area contributed by atoms with Crippen LogP contribution in [0.5, 0.6) is 5.75 Å². The van der Waals surface area contributed by atoms with Gasteiger partial charge in [-0.15, -0.1) is 0 Å². The molecule has 3 aromatic carbocycles. The van der Waals surface area contributed by atoms with Gasteiger partial charge in [-0.2, -0.15) is 0 Å². The number of hydrogen-bond acceptors (Lipinski definition) is 4. The van der Waals surface area contributed by atoms with Crippen LogP contribution in [0, 0.1) is 0 Å². The van der Waals surface area contributed by atoms with Crippen LogP contribution in [0.15, 0.2) is 66.7 Å². The van der Waals surface area contributed by atoms with Crippen molar-refractivity contribution in [3.63, 3.8) is 0 Å². The Morgan fingerprint density at radius 2 is 1.54 bits per heavy atom. The summed E-state index contributed by atoms with van der Waals surface area (Å²) in [7, 11) is 0. The van der Waals surface area contributed by atoms with Gasteiger partial charge < -0.3 is 10.5 Å². The zero-order valence-electron chi connectivity index (χ0n) is 13.1. The van der Waals surface area contributed by atoms with Gasteiger partial charge in [-0.25, -0.2) is 9.97 Å². The van der Waals surface area contributed by atoms with Gasteiger partial charge >= 0.3 is 0 Å². The van der Waals surface area contributed by atoms with Gasteiger partial charge in [0.05, 0.1) is 17.8 Å². The van der Waals surface area contributed by atoms with Crippen molar-refractivity contribution in [2.45, 2.75) is 6.42 Å². The van der Waals surface area contributed by atoms with E-state index in [0.29, 0.717) is 19.0 Å². The lowest BCUT2D eigenvalue weighted by atomic mass is 10.1. The minimum absolute atomic E-state index is 0.300. The minimum atomic E-state index is 0.300. The van der Waals surface area contributed by atoms with E-state index in [1.54, 1.807) is 0 Å². The second kappa shape index (κ2) is 6.16. The van der Waals surface area contributed by atoms with Crippen LogP contribution in [-0.2, 0) is 6.42 Å². The highest BCUT2D eigenvalue weighted by molar-refractivity contribution is 5.88. The Kier molecular flexibility index (Phi) is 3.71. The van der Waals surface area contributed by atoms with E-state index >= 15 is 0 Å². The monoisotopic (exact) mass is 315 g/mol. The standard InChI is InChI=1S/C20H17N3O/c21-20-22-17-10-4-3-9-16(17)18(23-20)12-13-24-19-11-5-7-14-6-1-2-8-15(14)19/h1-11H,12-13H2,(H2,21,22,23). The molecule has 0 unspecified atom stereocenters. The molecule has 0 saturated heterocycles. The Balaban J connectivity index is 1.57. The summed E-state index contributed by atoms with van der Waals surface area (Å²) >= 11 is 0. The van der Waals surface area contributed by atoms with Crippen molar-refractivity contribution in [3.8, 4) is 5.75 Å². The van der Waals surface area contributed by atoms with Gasteiger partial charge in [-0.1, -0.05) is 54.6 Å². The fourth-order valence-corrected chi connectivity index (χ4v) is 2.93. The molecule has 0 saturated carbocycles. The number of rotatable bonds is 4. The van der Waals surface area contributed by atoms with Crippen LogP contribution in [0.3, 0.4) is 0 Å². The van der Waals surface area contributed by atoms with Crippen molar-refractivity contribution < 1.29 is 4.74 Å². The Labute approximate surface area is 139 Å². The third-order valence-electron chi connectivity index (χ3n) is 4.05. The molecule has 24 heavy (non-hydrogen) atoms. The predicted molar refractivity (Wildman–Crippen MR) is 97.1 cm³/mol. The second-order valence-electron chi connectivity index (χ2n) is 5.62. The third kappa shape index (κ3) is 2.74. The first kappa shape index (κ1) is 14.5. The number of ether oxygens (including phenoxy) is 1. The van der Waals surface area contributed by atoms with Gasteiger partial charge in [0, 0.05) is 17.2 Å². The topological polar surface area (TPSA) is 61.0 Å². The van der Waals surface area contributed by atoms with Crippen LogP contribution in [0.25, 0.3) is 21.7 Å². The highest BCUT2D eigenvalue weighted by Gasteiger charge is 2.07. The first-order valence-electron chi connectivity index (χ1n) is 7.93. The molecule has 4 rings (SSSR count). The van der Waals surface area contributed by atoms with Crippen molar-refractivity contribution in [2.75, 3.05) is 12.3 Å². The number of para-hydroxylation sites is 1. The fourth-order valence-electron chi connectivity index (χ4n) is 2.93. The van der Waals surface area contributed by atoms with Crippen molar-refractivity contribution >= 4 is 27.6 Å². The van der Waals surface area contributed by atoms with Crippen LogP contribution >= 0.6 is 0 Å². The van der Waals surface area contributed by atoms with Gasteiger partial charge in [-0.05, 0) is 17.5 Å². The van der Waals surface area contributed by atoms with Gasteiger partial charge in [0.25, 0.3) is 0 Å². The van der Waals surface area contributed by atoms with Gasteiger partial charge in [0.15, 0.2) is 0 Å². The van der Waals surface area contributed by atoms with Crippen LogP contribution in [0.2, 0.25) is 0 Å². The summed E-state index contributed by atoms with van der Waals surface area (Å²) in [5.41, 5.74) is 7.60. The van der Waals surface area contributed by atoms with Gasteiger partial charge in [-0.3, -0.25) is 0 Å². The van der Waals surface area contributed by atoms with E-state index in [9.17, 15) is 0 Å². The maximum Gasteiger partial charge on any atom is 0.220 e. The molecule has 0 radical (unpaired) electrons. The molecular formula is C20H17N3O. The van der Waals surface area contributed by atoms with Crippen molar-refractivity contribution in [1.82, 2.24) is 9.97 Å². The molecule has 4 heteroatoms. The molecule has 0 fully saturated rings. The smallest absolute Gasteiger partial charge is 0.220 e. The lowest BCUT2D eigenvalue weighted by Crippen LogP contribution is -2.06. The molecule has 0 bridgehead atoms. The number of nitrogen functional groups attached to an aromatic ring is 1. The predicted octanol–water partition coefficient (Wildman–Crippen LogP) is 3.99. The molecule has 1 aromatic heterocycles. The third-order valence-corrected chi connectivity index (χ3v) is 4.05. The highest BCUT2D eigenvalue weighted by Crippen LogP contribution is 2.25. The lowest BCUT2D eigenvalue weighted by Gasteiger charge is -2.10. The second-order valence-corrected chi connectivity index (χ2v) is 5.62. The normalized spacial score (nSPS) is 11.0. The van der Waals surface area contributed by atoms with Crippen LogP contribution in [0.4, 0.5) is 5.95 Å². The van der Waals surface area contributed by atoms with E-state index in [1.165, 1.54) is 5.39 Å². The molecular weight excluding hydrogens is 298 g/mol. The molecule has 0 aliphatic rings. The zero-order chi connectivity index (χ0) is 16.4. The molecule has 1 heterocycles. The maximum atomic E-state index is 6.01. The van der Waals surface area contributed by atoms with Crippen LogP contribution < -0.4 is 10.5 Å². The summed E-state index contributed by atoms with van der Waals surface area (Å²) in [5, 5.41) is 3.31. The number of anilines is 1. The molecule has 4 aromatic rings. The maximum absolute atomic E-state index is 6.01.